The van der Waals surface area contributed by atoms with Crippen LogP contribution in [-0.4, -0.2) is 29.8 Å². The van der Waals surface area contributed by atoms with E-state index in [1.807, 2.05) is 66.9 Å². The second-order valence-electron chi connectivity index (χ2n) is 7.63. The normalized spacial score (nSPS) is 11.2. The van der Waals surface area contributed by atoms with Crippen LogP contribution in [0.15, 0.2) is 95.6 Å². The van der Waals surface area contributed by atoms with E-state index in [9.17, 15) is 4.79 Å². The number of allylic oxidation sites excluding steroid dienone is 1. The molecule has 0 spiro atoms. The number of ether oxygens (including phenoxy) is 2. The van der Waals surface area contributed by atoms with Crippen molar-refractivity contribution >= 4 is 22.8 Å². The molecular weight excluding hydrogens is 428 g/mol. The van der Waals surface area contributed by atoms with Crippen LogP contribution in [0.5, 0.6) is 11.5 Å². The maximum absolute atomic E-state index is 13.0. The molecule has 0 bridgehead atoms. The Morgan fingerprint density at radius 3 is 2.50 bits per heavy atom. The van der Waals surface area contributed by atoms with Gasteiger partial charge in [0.25, 0.3) is 0 Å². The lowest BCUT2D eigenvalue weighted by Crippen LogP contribution is -1.99. The van der Waals surface area contributed by atoms with Crippen molar-refractivity contribution in [3.05, 3.63) is 102 Å². The molecule has 0 radical (unpaired) electrons. The highest BCUT2D eigenvalue weighted by Gasteiger charge is 2.16. The van der Waals surface area contributed by atoms with E-state index in [0.29, 0.717) is 28.5 Å². The Kier molecular flexibility index (Phi) is 5.70. The second-order valence-corrected chi connectivity index (χ2v) is 7.63. The Morgan fingerprint density at radius 1 is 0.941 bits per heavy atom. The maximum atomic E-state index is 13.0. The van der Waals surface area contributed by atoms with E-state index in [1.165, 1.54) is 13.2 Å². The van der Waals surface area contributed by atoms with Gasteiger partial charge in [-0.1, -0.05) is 36.4 Å². The number of aromatic nitrogens is 2. The van der Waals surface area contributed by atoms with Crippen LogP contribution in [-0.2, 0) is 0 Å². The summed E-state index contributed by atoms with van der Waals surface area (Å²) in [5.74, 6) is 1.51. The number of nitrogens with zero attached hydrogens (tertiary/aromatic N) is 2. The molecule has 168 valence electrons. The first-order chi connectivity index (χ1) is 16.7. The van der Waals surface area contributed by atoms with Gasteiger partial charge in [-0.05, 0) is 48.6 Å². The summed E-state index contributed by atoms with van der Waals surface area (Å²) in [7, 11) is 3.10. The largest absolute Gasteiger partial charge is 0.497 e. The maximum Gasteiger partial charge on any atom is 0.189 e. The predicted octanol–water partition coefficient (Wildman–Crippen LogP) is 6.20. The minimum atomic E-state index is -0.192. The summed E-state index contributed by atoms with van der Waals surface area (Å²) in [6.07, 6.45) is 5.15. The lowest BCUT2D eigenvalue weighted by atomic mass is 10.1. The Bertz CT molecular complexity index is 1460. The highest BCUT2D eigenvalue weighted by Crippen LogP contribution is 2.31. The van der Waals surface area contributed by atoms with Gasteiger partial charge >= 0.3 is 0 Å². The summed E-state index contributed by atoms with van der Waals surface area (Å²) < 4.78 is 18.5. The number of hydrogen-bond donors (Lipinski definition) is 0. The van der Waals surface area contributed by atoms with Crippen molar-refractivity contribution in [1.29, 1.82) is 0 Å². The third-order valence-electron chi connectivity index (χ3n) is 5.51. The molecule has 0 atom stereocenters. The zero-order chi connectivity index (χ0) is 23.5. The molecule has 2 heterocycles. The smallest absolute Gasteiger partial charge is 0.189 e. The molecule has 0 unspecified atom stereocenters. The summed E-state index contributed by atoms with van der Waals surface area (Å²) in [6.45, 7) is 0. The third-order valence-corrected chi connectivity index (χ3v) is 5.51. The van der Waals surface area contributed by atoms with Gasteiger partial charge in [0.2, 0.25) is 0 Å². The molecule has 2 aromatic heterocycles. The number of benzene rings is 3. The van der Waals surface area contributed by atoms with E-state index in [-0.39, 0.29) is 5.78 Å². The number of carbonyl (C=O) groups is 1. The molecule has 0 N–H and O–H groups in total. The van der Waals surface area contributed by atoms with Crippen molar-refractivity contribution in [3.63, 3.8) is 0 Å². The van der Waals surface area contributed by atoms with Gasteiger partial charge in [0, 0.05) is 23.2 Å². The van der Waals surface area contributed by atoms with Crippen LogP contribution >= 0.6 is 0 Å². The van der Waals surface area contributed by atoms with Gasteiger partial charge < -0.3 is 13.9 Å². The number of carbonyl (C=O) groups excluding carboxylic acids is 1. The van der Waals surface area contributed by atoms with Crippen LogP contribution in [0.4, 0.5) is 0 Å². The van der Waals surface area contributed by atoms with Crippen LogP contribution in [0.1, 0.15) is 15.9 Å². The molecule has 0 saturated heterocycles. The van der Waals surface area contributed by atoms with Crippen molar-refractivity contribution in [2.24, 2.45) is 0 Å². The SMILES string of the molecule is COc1ccc(C(=O)C=Cc2cn(-c3ccccc3)nc2-c2cc3ccccc3o2)c(OC)c1. The van der Waals surface area contributed by atoms with Gasteiger partial charge in [-0.2, -0.15) is 5.10 Å². The van der Waals surface area contributed by atoms with E-state index in [0.717, 1.165) is 22.2 Å². The summed E-state index contributed by atoms with van der Waals surface area (Å²) in [6, 6.07) is 24.7. The van der Waals surface area contributed by atoms with Gasteiger partial charge in [0.05, 0.1) is 25.5 Å². The highest BCUT2D eigenvalue weighted by atomic mass is 16.5. The number of hydrogen-bond acceptors (Lipinski definition) is 5. The van der Waals surface area contributed by atoms with Crippen molar-refractivity contribution in [3.8, 4) is 28.6 Å². The number of para-hydroxylation sites is 2. The highest BCUT2D eigenvalue weighted by molar-refractivity contribution is 6.09. The van der Waals surface area contributed by atoms with Crippen molar-refractivity contribution in [2.45, 2.75) is 0 Å². The lowest BCUT2D eigenvalue weighted by molar-refractivity contribution is 0.104. The first-order valence-electron chi connectivity index (χ1n) is 10.7. The van der Waals surface area contributed by atoms with Crippen molar-refractivity contribution in [2.75, 3.05) is 14.2 Å². The fourth-order valence-electron chi connectivity index (χ4n) is 3.77. The van der Waals surface area contributed by atoms with E-state index < -0.39 is 0 Å². The molecule has 0 fully saturated rings. The standard InChI is InChI=1S/C28H22N2O4/c1-32-22-13-14-23(26(17-22)33-2)24(31)15-12-20-18-30(21-9-4-3-5-10-21)29-28(20)27-16-19-8-6-7-11-25(19)34-27/h3-18H,1-2H3. The number of ketones is 1. The van der Waals surface area contributed by atoms with E-state index in [2.05, 4.69) is 0 Å². The van der Waals surface area contributed by atoms with Crippen LogP contribution in [0.25, 0.3) is 34.2 Å². The van der Waals surface area contributed by atoms with Crippen LogP contribution in [0.2, 0.25) is 0 Å². The quantitative estimate of drug-likeness (QED) is 0.218. The molecule has 0 aliphatic carbocycles. The topological polar surface area (TPSA) is 66.5 Å². The lowest BCUT2D eigenvalue weighted by Gasteiger charge is -2.07. The molecule has 0 aliphatic heterocycles. The van der Waals surface area contributed by atoms with Crippen LogP contribution in [0, 0.1) is 0 Å². The van der Waals surface area contributed by atoms with E-state index in [1.54, 1.807) is 36.1 Å². The molecule has 6 heteroatoms. The van der Waals surface area contributed by atoms with Crippen molar-refractivity contribution < 1.29 is 18.7 Å². The minimum Gasteiger partial charge on any atom is -0.497 e. The molecular formula is C28H22N2O4. The number of rotatable bonds is 7. The molecule has 6 nitrogen and oxygen atoms in total. The molecule has 34 heavy (non-hydrogen) atoms. The number of fused-ring (bicyclic) bond motifs is 1. The number of furan rings is 1. The summed E-state index contributed by atoms with van der Waals surface area (Å²) >= 11 is 0. The first kappa shape index (κ1) is 21.3. The Hall–Kier alpha value is -4.58. The average Bonchev–Trinajstić information content (AvgIpc) is 3.51. The van der Waals surface area contributed by atoms with Crippen LogP contribution < -0.4 is 9.47 Å². The molecule has 0 aliphatic rings. The Balaban J connectivity index is 1.55. The Labute approximate surface area is 196 Å². The fraction of sp³-hybridized carbons (Fsp3) is 0.0714. The van der Waals surface area contributed by atoms with Gasteiger partial charge in [0.15, 0.2) is 11.5 Å². The monoisotopic (exact) mass is 450 g/mol. The third kappa shape index (κ3) is 4.09. The molecule has 0 saturated carbocycles. The zero-order valence-corrected chi connectivity index (χ0v) is 18.8. The fourth-order valence-corrected chi connectivity index (χ4v) is 3.77. The van der Waals surface area contributed by atoms with Crippen LogP contribution in [0.3, 0.4) is 0 Å². The Morgan fingerprint density at radius 2 is 1.74 bits per heavy atom. The molecule has 3 aromatic carbocycles. The summed E-state index contributed by atoms with van der Waals surface area (Å²) in [4.78, 5) is 13.0. The molecule has 5 aromatic rings. The van der Waals surface area contributed by atoms with Gasteiger partial charge in [-0.15, -0.1) is 0 Å². The van der Waals surface area contributed by atoms with E-state index in [4.69, 9.17) is 19.0 Å². The van der Waals surface area contributed by atoms with E-state index >= 15 is 0 Å². The van der Waals surface area contributed by atoms with Crippen molar-refractivity contribution in [1.82, 2.24) is 9.78 Å². The minimum absolute atomic E-state index is 0.192. The van der Waals surface area contributed by atoms with Gasteiger partial charge in [-0.3, -0.25) is 4.79 Å². The first-order valence-corrected chi connectivity index (χ1v) is 10.7. The number of methoxy groups -OCH3 is 2. The zero-order valence-electron chi connectivity index (χ0n) is 18.8. The predicted molar refractivity (Wildman–Crippen MR) is 132 cm³/mol. The second kappa shape index (κ2) is 9.11. The molecule has 0 amide bonds. The van der Waals surface area contributed by atoms with Gasteiger partial charge in [0.1, 0.15) is 22.8 Å². The average molecular weight is 450 g/mol. The molecule has 5 rings (SSSR count). The summed E-state index contributed by atoms with van der Waals surface area (Å²) in [5, 5.41) is 5.76. The van der Waals surface area contributed by atoms with Gasteiger partial charge in [-0.25, -0.2) is 4.68 Å². The summed E-state index contributed by atoms with van der Waals surface area (Å²) in [5.41, 5.74) is 3.53.